The second kappa shape index (κ2) is 48.6. The van der Waals surface area contributed by atoms with Crippen LogP contribution in [0.2, 0.25) is 0 Å². The second-order valence-corrected chi connectivity index (χ2v) is 26.5. The largest absolute Gasteiger partial charge is 0.394 e. The van der Waals surface area contributed by atoms with Gasteiger partial charge in [-0.05, 0) is 32.1 Å². The number of unbranched alkanes of at least 4 members (excludes halogenated alkanes) is 3. The molecule has 100 heavy (non-hydrogen) atoms. The van der Waals surface area contributed by atoms with E-state index in [9.17, 15) is 98.6 Å². The summed E-state index contributed by atoms with van der Waals surface area (Å²) < 4.78 is 67.3. The molecule has 0 spiro atoms. The molecule has 3 aliphatic rings. The molecule has 0 aromatic carbocycles. The topological polar surface area (TPSA) is 574 Å². The summed E-state index contributed by atoms with van der Waals surface area (Å²) in [6, 6.07) is -6.33. The zero-order chi connectivity index (χ0) is 74.3. The van der Waals surface area contributed by atoms with Gasteiger partial charge in [0, 0.05) is 72.6 Å². The third-order valence-corrected chi connectivity index (χ3v) is 17.6. The first-order valence-corrected chi connectivity index (χ1v) is 35.1. The number of aliphatic hydroxyl groups excluding tert-OH is 9. The number of carbonyl (C=O) groups excluding carboxylic acids is 9. The minimum Gasteiger partial charge on any atom is -0.394 e. The van der Waals surface area contributed by atoms with Gasteiger partial charge in [0.25, 0.3) is 0 Å². The molecule has 16 unspecified atom stereocenters. The predicted octanol–water partition coefficient (Wildman–Crippen LogP) is -7.75. The number of carbonyl (C=O) groups is 9. The molecule has 3 aliphatic heterocycles. The Morgan fingerprint density at radius 3 is 1.13 bits per heavy atom. The Morgan fingerprint density at radius 1 is 0.410 bits per heavy atom. The van der Waals surface area contributed by atoms with E-state index in [2.05, 4.69) is 47.9 Å². The lowest BCUT2D eigenvalue weighted by Crippen LogP contribution is -2.64. The molecule has 18 atom stereocenters. The maximum atomic E-state index is 13.8. The fourth-order valence-corrected chi connectivity index (χ4v) is 10.9. The van der Waals surface area contributed by atoms with E-state index in [1.54, 1.807) is 13.8 Å². The molecule has 0 aromatic heterocycles. The van der Waals surface area contributed by atoms with E-state index in [0.29, 0.717) is 32.2 Å². The van der Waals surface area contributed by atoms with Crippen molar-refractivity contribution in [1.82, 2.24) is 47.9 Å². The fraction of sp³-hybridized carbons (Fsp3) is 0.850. The standard InChI is InChI=1S/C60H108N9O30P/c1-34(2)100(88,89)96-21-9-7-6-8-17-61-43(76)11-10-12-45(78)68-39(57(87)64-20-24-92-27-30-95-60-49(67-37(5)75)55(85)52(82)42(33-72)99-60)14-16-46(79)69-38(56(86)63-19-23-91-26-29-94-59-48(66-36(4)74)54(84)51(81)41(32-71)98-59)13-15-44(77)62-18-22-90-25-28-93-58-47(65-35(3)73)53(83)50(80)40(31-70)97-58/h34,38-42,47-55,58-60,70-72,80-85H,6-33H2,1-5H3,(H,61,76)(H,62,77)(H,63,86)(H,64,87)(H,65,73)(H,66,74)(H,67,75)(H,68,78)(H,69,79)(H,88,89)/t38-,39-,40?,41?,42?,47?,48?,49?,50?,51?,52?,53?,54?,55?,58?,59?,60?/m0/s1. The van der Waals surface area contributed by atoms with Crippen LogP contribution < -0.4 is 47.9 Å². The van der Waals surface area contributed by atoms with Crippen molar-refractivity contribution in [3.8, 4) is 0 Å². The summed E-state index contributed by atoms with van der Waals surface area (Å²) in [5.41, 5.74) is -0.521. The van der Waals surface area contributed by atoms with Gasteiger partial charge in [0.15, 0.2) is 18.9 Å². The van der Waals surface area contributed by atoms with E-state index >= 15 is 0 Å². The summed E-state index contributed by atoms with van der Waals surface area (Å²) in [7, 11) is -3.66. The lowest BCUT2D eigenvalue weighted by molar-refractivity contribution is -0.272. The van der Waals surface area contributed by atoms with E-state index in [0.717, 1.165) is 0 Å². The molecule has 0 saturated carbocycles. The van der Waals surface area contributed by atoms with Crippen molar-refractivity contribution in [3.63, 3.8) is 0 Å². The average molecular weight is 1470 g/mol. The normalized spacial score (nSPS) is 26.4. The van der Waals surface area contributed by atoms with Crippen LogP contribution in [0.15, 0.2) is 0 Å². The van der Waals surface area contributed by atoms with E-state index in [1.165, 1.54) is 20.8 Å². The summed E-state index contributed by atoms with van der Waals surface area (Å²) in [6.45, 7) is 3.74. The maximum absolute atomic E-state index is 13.8. The van der Waals surface area contributed by atoms with Gasteiger partial charge in [-0.1, -0.05) is 26.7 Å². The molecule has 19 N–H and O–H groups in total. The van der Waals surface area contributed by atoms with Crippen LogP contribution in [0.5, 0.6) is 0 Å². The van der Waals surface area contributed by atoms with Crippen molar-refractivity contribution >= 4 is 60.8 Å². The van der Waals surface area contributed by atoms with Crippen LogP contribution in [0.25, 0.3) is 0 Å². The minimum atomic E-state index is -3.66. The van der Waals surface area contributed by atoms with Crippen LogP contribution in [-0.4, -0.2) is 326 Å². The van der Waals surface area contributed by atoms with Crippen molar-refractivity contribution in [3.05, 3.63) is 0 Å². The average Bonchev–Trinajstić information content (AvgIpc) is 0.822. The molecule has 0 aromatic rings. The first kappa shape index (κ1) is 88.9. The smallest absolute Gasteiger partial charge is 0.330 e. The van der Waals surface area contributed by atoms with Gasteiger partial charge in [0.1, 0.15) is 85.1 Å². The van der Waals surface area contributed by atoms with Crippen molar-refractivity contribution < 1.29 is 146 Å². The number of ether oxygens (including phenoxy) is 9. The van der Waals surface area contributed by atoms with Crippen LogP contribution in [-0.2, 0) is 94.9 Å². The third-order valence-electron chi connectivity index (χ3n) is 15.7. The molecular formula is C60H108N9O30P. The van der Waals surface area contributed by atoms with Gasteiger partial charge >= 0.3 is 7.60 Å². The Hall–Kier alpha value is -5.34. The Bertz CT molecular complexity index is 2520. The van der Waals surface area contributed by atoms with Gasteiger partial charge in [-0.3, -0.25) is 47.7 Å². The van der Waals surface area contributed by atoms with Gasteiger partial charge in [0.05, 0.1) is 91.5 Å². The zero-order valence-corrected chi connectivity index (χ0v) is 58.2. The number of amides is 9. The molecule has 39 nitrogen and oxygen atoms in total. The van der Waals surface area contributed by atoms with Crippen LogP contribution in [0.1, 0.15) is 105 Å². The van der Waals surface area contributed by atoms with Crippen molar-refractivity contribution in [2.24, 2.45) is 0 Å². The van der Waals surface area contributed by atoms with Crippen LogP contribution in [0, 0.1) is 0 Å². The van der Waals surface area contributed by atoms with E-state index in [-0.39, 0.29) is 130 Å². The molecule has 0 radical (unpaired) electrons. The lowest BCUT2D eigenvalue weighted by atomic mass is 9.97. The van der Waals surface area contributed by atoms with Gasteiger partial charge in [0.2, 0.25) is 53.2 Å². The van der Waals surface area contributed by atoms with E-state index < -0.39 is 191 Å². The van der Waals surface area contributed by atoms with Gasteiger partial charge in [-0.25, -0.2) is 0 Å². The molecule has 0 aliphatic carbocycles. The highest BCUT2D eigenvalue weighted by atomic mass is 31.2. The molecular weight excluding hydrogens is 1360 g/mol. The molecule has 0 bridgehead atoms. The summed E-state index contributed by atoms with van der Waals surface area (Å²) in [4.78, 5) is 126. The molecule has 3 saturated heterocycles. The SMILES string of the molecule is CC(=O)NC1C(OCCOCCNC(=O)CC[C@H](NC(=O)CC[C@H](NC(=O)CCCC(=O)NCCCCCCOP(=O)(O)C(C)C)C(=O)NCCOCCOC2OC(CO)C(O)C(O)C2NC(C)=O)C(=O)NCCOCCOC2OC(CO)C(O)C(O)C2NC(C)=O)OC(CO)C(O)C1O. The first-order chi connectivity index (χ1) is 47.5. The van der Waals surface area contributed by atoms with Crippen LogP contribution in [0.4, 0.5) is 0 Å². The highest BCUT2D eigenvalue weighted by Gasteiger charge is 2.48. The van der Waals surface area contributed by atoms with Crippen molar-refractivity contribution in [2.45, 2.75) is 215 Å². The van der Waals surface area contributed by atoms with Gasteiger partial charge < -0.3 is 146 Å². The number of rotatable bonds is 50. The van der Waals surface area contributed by atoms with Gasteiger partial charge in [-0.2, -0.15) is 0 Å². The van der Waals surface area contributed by atoms with Crippen LogP contribution in [0.3, 0.4) is 0 Å². The Labute approximate surface area is 579 Å². The molecule has 9 amide bonds. The Kier molecular flexibility index (Phi) is 43.2. The predicted molar refractivity (Wildman–Crippen MR) is 344 cm³/mol. The Morgan fingerprint density at radius 2 is 0.750 bits per heavy atom. The van der Waals surface area contributed by atoms with E-state index in [4.69, 9.17) is 47.2 Å². The lowest BCUT2D eigenvalue weighted by Gasteiger charge is -2.42. The Balaban J connectivity index is 1.64. The second-order valence-electron chi connectivity index (χ2n) is 24.1. The van der Waals surface area contributed by atoms with Crippen molar-refractivity contribution in [2.75, 3.05) is 112 Å². The summed E-state index contributed by atoms with van der Waals surface area (Å²) in [5.74, 6) is -5.53. The monoisotopic (exact) mass is 1470 g/mol. The molecule has 3 heterocycles. The summed E-state index contributed by atoms with van der Waals surface area (Å²) in [5, 5.41) is 114. The number of nitrogens with one attached hydrogen (secondary N) is 9. The maximum Gasteiger partial charge on any atom is 0.330 e. The number of aliphatic hydroxyl groups is 9. The molecule has 578 valence electrons. The highest BCUT2D eigenvalue weighted by Crippen LogP contribution is 2.47. The summed E-state index contributed by atoms with van der Waals surface area (Å²) in [6.07, 6.45) is -15.7. The van der Waals surface area contributed by atoms with Gasteiger partial charge in [-0.15, -0.1) is 0 Å². The first-order valence-electron chi connectivity index (χ1n) is 33.5. The molecule has 3 fully saturated rings. The third kappa shape index (κ3) is 33.4. The van der Waals surface area contributed by atoms with Crippen LogP contribution >= 0.6 is 7.60 Å². The quantitative estimate of drug-likeness (QED) is 0.0199. The molecule has 3 rings (SSSR count). The van der Waals surface area contributed by atoms with Crippen molar-refractivity contribution in [1.29, 1.82) is 0 Å². The number of hydrogen-bond acceptors (Lipinski definition) is 29. The zero-order valence-electron chi connectivity index (χ0n) is 57.3. The highest BCUT2D eigenvalue weighted by molar-refractivity contribution is 7.53. The minimum absolute atomic E-state index is 0.0395. The molecule has 40 heteroatoms. The summed E-state index contributed by atoms with van der Waals surface area (Å²) >= 11 is 0. The van der Waals surface area contributed by atoms with E-state index in [1.807, 2.05) is 0 Å². The fourth-order valence-electron chi connectivity index (χ4n) is 10.2. The number of hydrogen-bond donors (Lipinski definition) is 19.